The van der Waals surface area contributed by atoms with Gasteiger partial charge in [0.25, 0.3) is 0 Å². The summed E-state index contributed by atoms with van der Waals surface area (Å²) in [6.45, 7) is 6.45. The molecule has 0 aliphatic rings. The van der Waals surface area contributed by atoms with Crippen molar-refractivity contribution in [1.29, 1.82) is 0 Å². The van der Waals surface area contributed by atoms with Gasteiger partial charge in [-0.1, -0.05) is 11.3 Å². The fraction of sp³-hybridized carbons (Fsp3) is 0.333. The van der Waals surface area contributed by atoms with Crippen molar-refractivity contribution in [3.05, 3.63) is 48.5 Å². The molecule has 0 aliphatic carbocycles. The fourth-order valence-electron chi connectivity index (χ4n) is 2.93. The van der Waals surface area contributed by atoms with Crippen molar-refractivity contribution in [2.75, 3.05) is 32.6 Å². The number of hydrogen-bond acceptors (Lipinski definition) is 7. The van der Waals surface area contributed by atoms with Gasteiger partial charge in [-0.25, -0.2) is 9.78 Å². The second-order valence-electron chi connectivity index (χ2n) is 8.01. The smallest absolute Gasteiger partial charge is 0.407 e. The largest absolute Gasteiger partial charge is 0.497 e. The Labute approximate surface area is 192 Å². The van der Waals surface area contributed by atoms with E-state index in [2.05, 4.69) is 10.6 Å². The molecule has 3 aromatic rings. The van der Waals surface area contributed by atoms with E-state index in [1.807, 2.05) is 69.3 Å². The second-order valence-corrected chi connectivity index (χ2v) is 9.01. The van der Waals surface area contributed by atoms with Gasteiger partial charge in [0.05, 0.1) is 24.8 Å². The Morgan fingerprint density at radius 3 is 2.00 bits per heavy atom. The average Bonchev–Trinajstić information content (AvgIpc) is 3.20. The Morgan fingerprint density at radius 2 is 1.47 bits per heavy atom. The lowest BCUT2D eigenvalue weighted by Gasteiger charge is -2.19. The lowest BCUT2D eigenvalue weighted by atomic mass is 10.1. The number of thiazole rings is 1. The predicted octanol–water partition coefficient (Wildman–Crippen LogP) is 5.43. The Bertz CT molecular complexity index is 960. The molecule has 0 aliphatic heterocycles. The third kappa shape index (κ3) is 6.37. The highest BCUT2D eigenvalue weighted by Gasteiger charge is 2.17. The maximum absolute atomic E-state index is 11.8. The zero-order valence-corrected chi connectivity index (χ0v) is 19.8. The number of ether oxygens (including phenoxy) is 3. The number of anilines is 1. The molecule has 0 fully saturated rings. The van der Waals surface area contributed by atoms with Crippen molar-refractivity contribution in [2.45, 2.75) is 26.4 Å². The molecule has 0 saturated carbocycles. The molecular formula is C24H29N3O4S. The summed E-state index contributed by atoms with van der Waals surface area (Å²) in [6.07, 6.45) is -0.434. The molecule has 1 aromatic heterocycles. The number of carbonyl (C=O) groups excluding carboxylic acids is 1. The minimum Gasteiger partial charge on any atom is -0.497 e. The number of nitrogens with zero attached hydrogens (tertiary/aromatic N) is 1. The minimum atomic E-state index is -0.520. The molecule has 2 N–H and O–H groups in total. The molecular weight excluding hydrogens is 426 g/mol. The third-order valence-electron chi connectivity index (χ3n) is 4.41. The second kappa shape index (κ2) is 10.4. The van der Waals surface area contributed by atoms with E-state index in [0.717, 1.165) is 38.3 Å². The molecule has 170 valence electrons. The summed E-state index contributed by atoms with van der Waals surface area (Å²) >= 11 is 1.56. The average molecular weight is 456 g/mol. The summed E-state index contributed by atoms with van der Waals surface area (Å²) in [6, 6.07) is 15.7. The summed E-state index contributed by atoms with van der Waals surface area (Å²) in [7, 11) is 3.30. The summed E-state index contributed by atoms with van der Waals surface area (Å²) in [5.74, 6) is 1.59. The Balaban J connectivity index is 1.76. The molecule has 0 spiro atoms. The van der Waals surface area contributed by atoms with Crippen LogP contribution in [0.25, 0.3) is 21.7 Å². The molecule has 0 unspecified atom stereocenters. The number of methoxy groups -OCH3 is 2. The number of alkyl carbamates (subject to hydrolysis) is 1. The highest BCUT2D eigenvalue weighted by molar-refractivity contribution is 7.19. The molecule has 0 atom stereocenters. The standard InChI is InChI=1S/C24H29N3O4S/c1-24(2,3)31-23(28)26-15-14-25-22-27-20(16-6-10-18(29-4)11-7-16)21(32-22)17-8-12-19(30-5)13-9-17/h6-13H,14-15H2,1-5H3,(H,25,27)(H,26,28). The van der Waals surface area contributed by atoms with Crippen molar-refractivity contribution in [3.63, 3.8) is 0 Å². The van der Waals surface area contributed by atoms with Gasteiger partial charge in [0.2, 0.25) is 0 Å². The van der Waals surface area contributed by atoms with E-state index in [1.54, 1.807) is 25.6 Å². The van der Waals surface area contributed by atoms with Crippen LogP contribution in [0.3, 0.4) is 0 Å². The van der Waals surface area contributed by atoms with E-state index in [4.69, 9.17) is 19.2 Å². The SMILES string of the molecule is COc1ccc(-c2nc(NCCNC(=O)OC(C)(C)C)sc2-c2ccc(OC)cc2)cc1. The van der Waals surface area contributed by atoms with E-state index in [1.165, 1.54) is 0 Å². The van der Waals surface area contributed by atoms with Gasteiger partial charge in [-0.15, -0.1) is 0 Å². The number of rotatable bonds is 8. The van der Waals surface area contributed by atoms with E-state index >= 15 is 0 Å². The van der Waals surface area contributed by atoms with Crippen molar-refractivity contribution >= 4 is 22.6 Å². The van der Waals surface area contributed by atoms with Gasteiger partial charge in [-0.3, -0.25) is 0 Å². The fourth-order valence-corrected chi connectivity index (χ4v) is 3.95. The van der Waals surface area contributed by atoms with Crippen LogP contribution in [0.4, 0.5) is 9.93 Å². The van der Waals surface area contributed by atoms with E-state index in [-0.39, 0.29) is 0 Å². The van der Waals surface area contributed by atoms with Crippen molar-refractivity contribution in [3.8, 4) is 33.2 Å². The van der Waals surface area contributed by atoms with Gasteiger partial charge < -0.3 is 24.8 Å². The predicted molar refractivity (Wildman–Crippen MR) is 129 cm³/mol. The van der Waals surface area contributed by atoms with Crippen LogP contribution >= 0.6 is 11.3 Å². The molecule has 3 rings (SSSR count). The molecule has 32 heavy (non-hydrogen) atoms. The van der Waals surface area contributed by atoms with Gasteiger partial charge >= 0.3 is 6.09 Å². The molecule has 8 heteroatoms. The first kappa shape index (κ1) is 23.4. The minimum absolute atomic E-state index is 0.421. The van der Waals surface area contributed by atoms with Crippen LogP contribution in [-0.4, -0.2) is 44.0 Å². The molecule has 0 bridgehead atoms. The number of carbonyl (C=O) groups is 1. The Kier molecular flexibility index (Phi) is 7.58. The van der Waals surface area contributed by atoms with Gasteiger partial charge in [0, 0.05) is 18.7 Å². The highest BCUT2D eigenvalue weighted by Crippen LogP contribution is 2.39. The first-order valence-corrected chi connectivity index (χ1v) is 11.1. The van der Waals surface area contributed by atoms with Gasteiger partial charge in [0.15, 0.2) is 5.13 Å². The lowest BCUT2D eigenvalue weighted by molar-refractivity contribution is 0.0530. The van der Waals surface area contributed by atoms with Crippen LogP contribution < -0.4 is 20.1 Å². The van der Waals surface area contributed by atoms with Gasteiger partial charge in [-0.2, -0.15) is 0 Å². The van der Waals surface area contributed by atoms with E-state index in [0.29, 0.717) is 13.1 Å². The van der Waals surface area contributed by atoms with E-state index < -0.39 is 11.7 Å². The summed E-state index contributed by atoms with van der Waals surface area (Å²) in [5, 5.41) is 6.81. The molecule has 1 heterocycles. The van der Waals surface area contributed by atoms with Crippen molar-refractivity contribution in [1.82, 2.24) is 10.3 Å². The number of aromatic nitrogens is 1. The first-order valence-electron chi connectivity index (χ1n) is 10.3. The first-order chi connectivity index (χ1) is 15.3. The third-order valence-corrected chi connectivity index (χ3v) is 5.47. The summed E-state index contributed by atoms with van der Waals surface area (Å²) in [4.78, 5) is 17.7. The maximum atomic E-state index is 11.8. The number of nitrogens with one attached hydrogen (secondary N) is 2. The van der Waals surface area contributed by atoms with Crippen LogP contribution in [0.15, 0.2) is 48.5 Å². The number of benzene rings is 2. The van der Waals surface area contributed by atoms with Crippen molar-refractivity contribution < 1.29 is 19.0 Å². The molecule has 7 nitrogen and oxygen atoms in total. The van der Waals surface area contributed by atoms with Gasteiger partial charge in [0.1, 0.15) is 17.1 Å². The van der Waals surface area contributed by atoms with Crippen LogP contribution in [0, 0.1) is 0 Å². The monoisotopic (exact) mass is 455 g/mol. The van der Waals surface area contributed by atoms with Crippen LogP contribution in [0.5, 0.6) is 11.5 Å². The lowest BCUT2D eigenvalue weighted by Crippen LogP contribution is -2.34. The van der Waals surface area contributed by atoms with Crippen LogP contribution in [-0.2, 0) is 4.74 Å². The topological polar surface area (TPSA) is 81.7 Å². The Hall–Kier alpha value is -3.26. The zero-order chi connectivity index (χ0) is 23.1. The van der Waals surface area contributed by atoms with Crippen LogP contribution in [0.1, 0.15) is 20.8 Å². The highest BCUT2D eigenvalue weighted by atomic mass is 32.1. The van der Waals surface area contributed by atoms with E-state index in [9.17, 15) is 4.79 Å². The maximum Gasteiger partial charge on any atom is 0.407 e. The normalized spacial score (nSPS) is 11.0. The molecule has 0 radical (unpaired) electrons. The molecule has 2 aromatic carbocycles. The van der Waals surface area contributed by atoms with Gasteiger partial charge in [-0.05, 0) is 74.9 Å². The summed E-state index contributed by atoms with van der Waals surface area (Å²) in [5.41, 5.74) is 2.40. The quantitative estimate of drug-likeness (QED) is 0.441. The zero-order valence-electron chi connectivity index (χ0n) is 19.0. The summed E-state index contributed by atoms with van der Waals surface area (Å²) < 4.78 is 15.8. The number of amides is 1. The van der Waals surface area contributed by atoms with Crippen LogP contribution in [0.2, 0.25) is 0 Å². The Morgan fingerprint density at radius 1 is 0.906 bits per heavy atom. The molecule has 1 amide bonds. The van der Waals surface area contributed by atoms with Crippen molar-refractivity contribution in [2.24, 2.45) is 0 Å². The molecule has 0 saturated heterocycles. The number of hydrogen-bond donors (Lipinski definition) is 2.